The number of anilines is 1. The normalized spacial score (nSPS) is 24.7. The Bertz CT molecular complexity index is 388. The second-order valence-electron chi connectivity index (χ2n) is 4.89. The lowest BCUT2D eigenvalue weighted by Crippen LogP contribution is -2.47. The zero-order valence-electron chi connectivity index (χ0n) is 10.5. The summed E-state index contributed by atoms with van der Waals surface area (Å²) in [7, 11) is 1.78. The molecule has 0 spiro atoms. The van der Waals surface area contributed by atoms with E-state index in [2.05, 4.69) is 11.8 Å². The van der Waals surface area contributed by atoms with Crippen LogP contribution in [0.4, 0.5) is 5.69 Å². The molecule has 0 bridgehead atoms. The quantitative estimate of drug-likeness (QED) is 0.751. The molecule has 0 N–H and O–H groups in total. The van der Waals surface area contributed by atoms with Crippen LogP contribution in [0.1, 0.15) is 30.1 Å². The Balaban J connectivity index is 2.13. The number of nitrogens with zero attached hydrogens (tertiary/aromatic N) is 1. The molecule has 0 aromatic heterocycles. The van der Waals surface area contributed by atoms with Gasteiger partial charge < -0.3 is 9.64 Å². The summed E-state index contributed by atoms with van der Waals surface area (Å²) < 4.78 is 5.58. The van der Waals surface area contributed by atoms with Crippen molar-refractivity contribution in [3.8, 4) is 0 Å². The number of ether oxygens (including phenoxy) is 1. The highest BCUT2D eigenvalue weighted by Crippen LogP contribution is 2.27. The van der Waals surface area contributed by atoms with Crippen LogP contribution in [-0.2, 0) is 4.74 Å². The number of carbonyl (C=O) groups is 1. The molecule has 1 aromatic carbocycles. The summed E-state index contributed by atoms with van der Waals surface area (Å²) in [6, 6.07) is 7.73. The van der Waals surface area contributed by atoms with E-state index in [4.69, 9.17) is 4.74 Å². The van der Waals surface area contributed by atoms with Crippen LogP contribution in [0.3, 0.4) is 0 Å². The molecule has 1 atom stereocenters. The van der Waals surface area contributed by atoms with Crippen LogP contribution in [0.2, 0.25) is 0 Å². The maximum atomic E-state index is 10.6. The third kappa shape index (κ3) is 2.67. The van der Waals surface area contributed by atoms with Gasteiger partial charge >= 0.3 is 0 Å². The van der Waals surface area contributed by atoms with Crippen LogP contribution in [0, 0.1) is 0 Å². The summed E-state index contributed by atoms with van der Waals surface area (Å²) in [6.07, 6.45) is 3.12. The summed E-state index contributed by atoms with van der Waals surface area (Å²) in [4.78, 5) is 12.9. The average Bonchev–Trinajstić information content (AvgIpc) is 2.39. The van der Waals surface area contributed by atoms with Crippen LogP contribution in [0.5, 0.6) is 0 Å². The molecular formula is C14H19NO2. The van der Waals surface area contributed by atoms with Gasteiger partial charge in [-0.15, -0.1) is 0 Å². The van der Waals surface area contributed by atoms with Crippen LogP contribution >= 0.6 is 0 Å². The van der Waals surface area contributed by atoms with E-state index in [0.29, 0.717) is 0 Å². The molecule has 3 heteroatoms. The van der Waals surface area contributed by atoms with E-state index in [0.717, 1.165) is 37.8 Å². The largest absolute Gasteiger partial charge is 0.377 e. The Morgan fingerprint density at radius 3 is 2.65 bits per heavy atom. The third-order valence-corrected chi connectivity index (χ3v) is 3.55. The Morgan fingerprint density at radius 2 is 2.06 bits per heavy atom. The molecule has 1 unspecified atom stereocenters. The van der Waals surface area contributed by atoms with E-state index >= 15 is 0 Å². The van der Waals surface area contributed by atoms with E-state index < -0.39 is 0 Å². The number of hydrogen-bond acceptors (Lipinski definition) is 3. The van der Waals surface area contributed by atoms with Crippen LogP contribution < -0.4 is 4.90 Å². The number of carbonyl (C=O) groups excluding carboxylic acids is 1. The Hall–Kier alpha value is -1.35. The second kappa shape index (κ2) is 4.88. The van der Waals surface area contributed by atoms with Crippen molar-refractivity contribution in [3.05, 3.63) is 29.8 Å². The van der Waals surface area contributed by atoms with Gasteiger partial charge in [-0.3, -0.25) is 4.79 Å². The van der Waals surface area contributed by atoms with Gasteiger partial charge in [0.25, 0.3) is 0 Å². The lowest BCUT2D eigenvalue weighted by atomic mass is 9.94. The minimum Gasteiger partial charge on any atom is -0.377 e. The molecule has 1 heterocycles. The van der Waals surface area contributed by atoms with Gasteiger partial charge in [0.1, 0.15) is 6.29 Å². The molecule has 1 aliphatic heterocycles. The molecule has 17 heavy (non-hydrogen) atoms. The van der Waals surface area contributed by atoms with Gasteiger partial charge in [0.05, 0.1) is 5.60 Å². The number of benzene rings is 1. The SMILES string of the molecule is COC1(C)CCCN(c2ccc(C=O)cc2)C1. The first-order valence-electron chi connectivity index (χ1n) is 6.02. The topological polar surface area (TPSA) is 29.5 Å². The molecule has 0 amide bonds. The highest BCUT2D eigenvalue weighted by Gasteiger charge is 2.30. The fourth-order valence-electron chi connectivity index (χ4n) is 2.36. The van der Waals surface area contributed by atoms with Gasteiger partial charge in [-0.2, -0.15) is 0 Å². The maximum Gasteiger partial charge on any atom is 0.150 e. The molecule has 0 saturated carbocycles. The van der Waals surface area contributed by atoms with E-state index in [1.807, 2.05) is 24.3 Å². The summed E-state index contributed by atoms with van der Waals surface area (Å²) in [5, 5.41) is 0. The van der Waals surface area contributed by atoms with Crippen molar-refractivity contribution in [2.24, 2.45) is 0 Å². The van der Waals surface area contributed by atoms with Gasteiger partial charge in [0.2, 0.25) is 0 Å². The molecule has 2 rings (SSSR count). The first-order valence-corrected chi connectivity index (χ1v) is 6.02. The molecule has 1 saturated heterocycles. The van der Waals surface area contributed by atoms with E-state index in [1.165, 1.54) is 5.69 Å². The molecular weight excluding hydrogens is 214 g/mol. The Morgan fingerprint density at radius 1 is 1.35 bits per heavy atom. The highest BCUT2D eigenvalue weighted by molar-refractivity contribution is 5.75. The summed E-state index contributed by atoms with van der Waals surface area (Å²) >= 11 is 0. The van der Waals surface area contributed by atoms with Gasteiger partial charge in [-0.05, 0) is 44.0 Å². The first kappa shape index (κ1) is 12.1. The van der Waals surface area contributed by atoms with Gasteiger partial charge in [0.15, 0.2) is 0 Å². The minimum atomic E-state index is -0.0540. The molecule has 0 radical (unpaired) electrons. The molecule has 3 nitrogen and oxygen atoms in total. The van der Waals surface area contributed by atoms with Crippen molar-refractivity contribution in [1.82, 2.24) is 0 Å². The van der Waals surface area contributed by atoms with Crippen molar-refractivity contribution in [1.29, 1.82) is 0 Å². The zero-order valence-corrected chi connectivity index (χ0v) is 10.5. The summed E-state index contributed by atoms with van der Waals surface area (Å²) in [5.74, 6) is 0. The Labute approximate surface area is 102 Å². The smallest absolute Gasteiger partial charge is 0.150 e. The van der Waals surface area contributed by atoms with Crippen LogP contribution in [0.15, 0.2) is 24.3 Å². The number of aldehydes is 1. The van der Waals surface area contributed by atoms with Crippen LogP contribution in [0.25, 0.3) is 0 Å². The van der Waals surface area contributed by atoms with Crippen molar-refractivity contribution >= 4 is 12.0 Å². The Kier molecular flexibility index (Phi) is 3.48. The van der Waals surface area contributed by atoms with Gasteiger partial charge in [0, 0.05) is 31.5 Å². The lowest BCUT2D eigenvalue weighted by Gasteiger charge is -2.40. The van der Waals surface area contributed by atoms with Gasteiger partial charge in [-0.25, -0.2) is 0 Å². The van der Waals surface area contributed by atoms with Crippen LogP contribution in [-0.4, -0.2) is 32.1 Å². The van der Waals surface area contributed by atoms with Gasteiger partial charge in [-0.1, -0.05) is 0 Å². The monoisotopic (exact) mass is 233 g/mol. The van der Waals surface area contributed by atoms with E-state index in [-0.39, 0.29) is 5.60 Å². The number of methoxy groups -OCH3 is 1. The highest BCUT2D eigenvalue weighted by atomic mass is 16.5. The molecule has 1 aliphatic rings. The fraction of sp³-hybridized carbons (Fsp3) is 0.500. The number of rotatable bonds is 3. The summed E-state index contributed by atoms with van der Waals surface area (Å²) in [5.41, 5.74) is 1.83. The lowest BCUT2D eigenvalue weighted by molar-refractivity contribution is -0.00465. The summed E-state index contributed by atoms with van der Waals surface area (Å²) in [6.45, 7) is 4.11. The molecule has 1 fully saturated rings. The van der Waals surface area contributed by atoms with Crippen molar-refractivity contribution < 1.29 is 9.53 Å². The fourth-order valence-corrected chi connectivity index (χ4v) is 2.36. The number of piperidine rings is 1. The van der Waals surface area contributed by atoms with Crippen molar-refractivity contribution in [3.63, 3.8) is 0 Å². The molecule has 92 valence electrons. The molecule has 0 aliphatic carbocycles. The minimum absolute atomic E-state index is 0.0540. The molecule has 1 aromatic rings. The predicted octanol–water partition coefficient (Wildman–Crippen LogP) is 2.50. The number of hydrogen-bond donors (Lipinski definition) is 0. The van der Waals surface area contributed by atoms with Crippen molar-refractivity contribution in [2.75, 3.05) is 25.1 Å². The average molecular weight is 233 g/mol. The predicted molar refractivity (Wildman–Crippen MR) is 68.7 cm³/mol. The zero-order chi connectivity index (χ0) is 12.3. The van der Waals surface area contributed by atoms with Crippen molar-refractivity contribution in [2.45, 2.75) is 25.4 Å². The van der Waals surface area contributed by atoms with E-state index in [9.17, 15) is 4.79 Å². The van der Waals surface area contributed by atoms with E-state index in [1.54, 1.807) is 7.11 Å². The third-order valence-electron chi connectivity index (χ3n) is 3.55. The first-order chi connectivity index (χ1) is 8.17. The second-order valence-corrected chi connectivity index (χ2v) is 4.89. The standard InChI is InChI=1S/C14H19NO2/c1-14(17-2)8-3-9-15(11-14)13-6-4-12(10-16)5-7-13/h4-7,10H,3,8-9,11H2,1-2H3. The maximum absolute atomic E-state index is 10.6.